The van der Waals surface area contributed by atoms with Crippen LogP contribution in [0.1, 0.15) is 13.3 Å². The lowest BCUT2D eigenvalue weighted by Gasteiger charge is -2.15. The van der Waals surface area contributed by atoms with Gasteiger partial charge in [-0.25, -0.2) is 0 Å². The second-order valence-corrected chi connectivity index (χ2v) is 3.49. The predicted octanol–water partition coefficient (Wildman–Crippen LogP) is 0.102. The molecule has 0 aliphatic carbocycles. The third kappa shape index (κ3) is 3.80. The molecule has 0 saturated carbocycles. The number of hydrogen-bond acceptors (Lipinski definition) is 4. The molecule has 1 heterocycles. The Bertz CT molecular complexity index is 300. The molecule has 0 aromatic carbocycles. The van der Waals surface area contributed by atoms with Gasteiger partial charge in [0.1, 0.15) is 19.5 Å². The van der Waals surface area contributed by atoms with Crippen LogP contribution in [-0.4, -0.2) is 36.7 Å². The molecule has 0 aromatic rings. The van der Waals surface area contributed by atoms with E-state index in [1.54, 1.807) is 6.92 Å². The molecule has 0 fully saturated rings. The van der Waals surface area contributed by atoms with Crippen molar-refractivity contribution in [1.29, 1.82) is 0 Å². The van der Waals surface area contributed by atoms with E-state index in [4.69, 9.17) is 14.6 Å². The first kappa shape index (κ1) is 12.4. The van der Waals surface area contributed by atoms with Gasteiger partial charge < -0.3 is 19.9 Å². The molecule has 1 unspecified atom stereocenters. The standard InChI is InChI=1S/C10H15NO5/c1-7(10(13)14)2-3-11-9(12)8-6-15-4-5-16-8/h6-7H,2-5H2,1H3,(H,11,12)(H,13,14). The van der Waals surface area contributed by atoms with Crippen LogP contribution in [0.5, 0.6) is 0 Å². The Morgan fingerprint density at radius 3 is 2.88 bits per heavy atom. The zero-order chi connectivity index (χ0) is 12.0. The minimum Gasteiger partial charge on any atom is -0.494 e. The highest BCUT2D eigenvalue weighted by Crippen LogP contribution is 2.04. The monoisotopic (exact) mass is 229 g/mol. The number of nitrogens with one attached hydrogen (secondary N) is 1. The van der Waals surface area contributed by atoms with Crippen molar-refractivity contribution in [3.05, 3.63) is 12.0 Å². The van der Waals surface area contributed by atoms with Gasteiger partial charge in [0, 0.05) is 6.54 Å². The van der Waals surface area contributed by atoms with Crippen LogP contribution in [0.2, 0.25) is 0 Å². The molecule has 1 atom stereocenters. The predicted molar refractivity (Wildman–Crippen MR) is 54.4 cm³/mol. The van der Waals surface area contributed by atoms with Crippen molar-refractivity contribution in [1.82, 2.24) is 5.32 Å². The molecule has 0 aromatic heterocycles. The Kier molecular flexibility index (Phi) is 4.63. The first-order valence-electron chi connectivity index (χ1n) is 5.07. The third-order valence-corrected chi connectivity index (χ3v) is 2.16. The number of carbonyl (C=O) groups is 2. The van der Waals surface area contributed by atoms with E-state index in [2.05, 4.69) is 5.32 Å². The van der Waals surface area contributed by atoms with Gasteiger partial charge in [-0.1, -0.05) is 6.92 Å². The van der Waals surface area contributed by atoms with E-state index < -0.39 is 11.9 Å². The topological polar surface area (TPSA) is 84.9 Å². The van der Waals surface area contributed by atoms with Gasteiger partial charge in [0.25, 0.3) is 5.91 Å². The molecule has 1 amide bonds. The van der Waals surface area contributed by atoms with Gasteiger partial charge in [-0.3, -0.25) is 9.59 Å². The fourth-order valence-corrected chi connectivity index (χ4v) is 1.10. The Labute approximate surface area is 93.2 Å². The van der Waals surface area contributed by atoms with Crippen LogP contribution in [0.3, 0.4) is 0 Å². The molecule has 0 radical (unpaired) electrons. The largest absolute Gasteiger partial charge is 0.494 e. The zero-order valence-corrected chi connectivity index (χ0v) is 9.06. The maximum Gasteiger partial charge on any atom is 0.306 e. The summed E-state index contributed by atoms with van der Waals surface area (Å²) in [5.41, 5.74) is 0. The van der Waals surface area contributed by atoms with Crippen molar-refractivity contribution in [3.63, 3.8) is 0 Å². The lowest BCUT2D eigenvalue weighted by atomic mass is 10.1. The molecule has 16 heavy (non-hydrogen) atoms. The summed E-state index contributed by atoms with van der Waals surface area (Å²) in [5.74, 6) is -1.59. The van der Waals surface area contributed by atoms with E-state index in [0.717, 1.165) is 0 Å². The van der Waals surface area contributed by atoms with Gasteiger partial charge >= 0.3 is 5.97 Å². The fraction of sp³-hybridized carbons (Fsp3) is 0.600. The maximum atomic E-state index is 11.4. The van der Waals surface area contributed by atoms with Crippen molar-refractivity contribution in [3.8, 4) is 0 Å². The number of carbonyl (C=O) groups excluding carboxylic acids is 1. The average molecular weight is 229 g/mol. The van der Waals surface area contributed by atoms with Crippen LogP contribution in [-0.2, 0) is 19.1 Å². The van der Waals surface area contributed by atoms with Crippen LogP contribution in [0.15, 0.2) is 12.0 Å². The number of aliphatic carboxylic acids is 1. The van der Waals surface area contributed by atoms with E-state index in [9.17, 15) is 9.59 Å². The molecule has 0 saturated heterocycles. The second-order valence-electron chi connectivity index (χ2n) is 3.49. The Balaban J connectivity index is 2.24. The van der Waals surface area contributed by atoms with Gasteiger partial charge in [0.15, 0.2) is 0 Å². The third-order valence-electron chi connectivity index (χ3n) is 2.16. The van der Waals surface area contributed by atoms with Gasteiger partial charge in [0.05, 0.1) is 5.92 Å². The number of carboxylic acids is 1. The van der Waals surface area contributed by atoms with Crippen LogP contribution < -0.4 is 5.32 Å². The highest BCUT2D eigenvalue weighted by Gasteiger charge is 2.15. The van der Waals surface area contributed by atoms with Gasteiger partial charge in [-0.15, -0.1) is 0 Å². The summed E-state index contributed by atoms with van der Waals surface area (Å²) in [5, 5.41) is 11.2. The molecule has 1 aliphatic heterocycles. The normalized spacial score (nSPS) is 16.4. The summed E-state index contributed by atoms with van der Waals surface area (Å²) >= 11 is 0. The van der Waals surface area contributed by atoms with Crippen molar-refractivity contribution >= 4 is 11.9 Å². The second kappa shape index (κ2) is 5.99. The lowest BCUT2D eigenvalue weighted by molar-refractivity contribution is -0.141. The first-order valence-corrected chi connectivity index (χ1v) is 5.07. The van der Waals surface area contributed by atoms with Crippen LogP contribution in [0.4, 0.5) is 0 Å². The van der Waals surface area contributed by atoms with E-state index in [1.807, 2.05) is 0 Å². The molecule has 0 bridgehead atoms. The van der Waals surface area contributed by atoms with Gasteiger partial charge in [-0.2, -0.15) is 0 Å². The Morgan fingerprint density at radius 2 is 2.31 bits per heavy atom. The Hall–Kier alpha value is -1.72. The molecule has 90 valence electrons. The van der Waals surface area contributed by atoms with Crippen molar-refractivity contribution < 1.29 is 24.2 Å². The van der Waals surface area contributed by atoms with E-state index in [-0.39, 0.29) is 11.7 Å². The molecular formula is C10H15NO5. The molecular weight excluding hydrogens is 214 g/mol. The summed E-state index contributed by atoms with van der Waals surface area (Å²) in [6.45, 7) is 2.68. The minimum atomic E-state index is -0.870. The van der Waals surface area contributed by atoms with Crippen molar-refractivity contribution in [2.24, 2.45) is 5.92 Å². The Morgan fingerprint density at radius 1 is 1.56 bits per heavy atom. The summed E-state index contributed by atoms with van der Waals surface area (Å²) in [4.78, 5) is 21.9. The molecule has 0 spiro atoms. The minimum absolute atomic E-state index is 0.134. The number of hydrogen-bond donors (Lipinski definition) is 2. The van der Waals surface area contributed by atoms with E-state index in [0.29, 0.717) is 26.2 Å². The highest BCUT2D eigenvalue weighted by atomic mass is 16.6. The van der Waals surface area contributed by atoms with Crippen LogP contribution in [0, 0.1) is 5.92 Å². The quantitative estimate of drug-likeness (QED) is 0.698. The van der Waals surface area contributed by atoms with E-state index in [1.165, 1.54) is 6.26 Å². The molecule has 1 rings (SSSR count). The number of carboxylic acid groups (broad SMARTS) is 1. The first-order chi connectivity index (χ1) is 7.61. The summed E-state index contributed by atoms with van der Waals surface area (Å²) in [6.07, 6.45) is 1.65. The van der Waals surface area contributed by atoms with Crippen LogP contribution >= 0.6 is 0 Å². The maximum absolute atomic E-state index is 11.4. The van der Waals surface area contributed by atoms with Gasteiger partial charge in [0.2, 0.25) is 5.76 Å². The van der Waals surface area contributed by atoms with Gasteiger partial charge in [-0.05, 0) is 6.42 Å². The summed E-state index contributed by atoms with van der Waals surface area (Å²) in [7, 11) is 0. The smallest absolute Gasteiger partial charge is 0.306 e. The van der Waals surface area contributed by atoms with Crippen molar-refractivity contribution in [2.75, 3.05) is 19.8 Å². The molecule has 6 heteroatoms. The van der Waals surface area contributed by atoms with E-state index >= 15 is 0 Å². The molecule has 6 nitrogen and oxygen atoms in total. The molecule has 2 N–H and O–H groups in total. The summed E-state index contributed by atoms with van der Waals surface area (Å²) in [6, 6.07) is 0. The number of ether oxygens (including phenoxy) is 2. The number of amides is 1. The SMILES string of the molecule is CC(CCNC(=O)C1=COCCO1)C(=O)O. The van der Waals surface area contributed by atoms with Crippen LogP contribution in [0.25, 0.3) is 0 Å². The highest BCUT2D eigenvalue weighted by molar-refractivity contribution is 5.91. The van der Waals surface area contributed by atoms with Crippen molar-refractivity contribution in [2.45, 2.75) is 13.3 Å². The average Bonchev–Trinajstić information content (AvgIpc) is 2.29. The summed E-state index contributed by atoms with van der Waals surface area (Å²) < 4.78 is 9.98. The number of rotatable bonds is 5. The fourth-order valence-electron chi connectivity index (χ4n) is 1.10. The zero-order valence-electron chi connectivity index (χ0n) is 9.06. The molecule has 1 aliphatic rings. The lowest BCUT2D eigenvalue weighted by Crippen LogP contribution is -2.30.